The number of hydrogen-bond donors (Lipinski definition) is 1. The molecule has 1 aromatic carbocycles. The molecular weight excluding hydrogens is 282 g/mol. The predicted molar refractivity (Wildman–Crippen MR) is 88.0 cm³/mol. The molecule has 1 saturated heterocycles. The van der Waals surface area contributed by atoms with E-state index in [4.69, 9.17) is 0 Å². The standard InChI is InChI=1S/C17H27NO2S/c1-3-5-14(2)13-18-10-8-15(9-11-18)16-6-4-7-17(12-16)21(19)20/h4,6-7,12,14-15H,3,5,8-11,13H2,1-2H3,(H,19,20). The van der Waals surface area contributed by atoms with Crippen LogP contribution in [-0.4, -0.2) is 33.3 Å². The highest BCUT2D eigenvalue weighted by atomic mass is 32.2. The molecule has 2 rings (SSSR count). The van der Waals surface area contributed by atoms with Crippen molar-refractivity contribution in [3.63, 3.8) is 0 Å². The SMILES string of the molecule is CCCC(C)CN1CCC(c2cccc(S(=O)O)c2)CC1. The topological polar surface area (TPSA) is 40.5 Å². The Kier molecular flexibility index (Phi) is 6.40. The van der Waals surface area contributed by atoms with Gasteiger partial charge in [-0.15, -0.1) is 0 Å². The van der Waals surface area contributed by atoms with E-state index < -0.39 is 11.1 Å². The minimum Gasteiger partial charge on any atom is -0.303 e. The van der Waals surface area contributed by atoms with Crippen molar-refractivity contribution in [3.05, 3.63) is 29.8 Å². The van der Waals surface area contributed by atoms with Crippen molar-refractivity contribution >= 4 is 11.1 Å². The Hall–Kier alpha value is -0.710. The second-order valence-corrected chi connectivity index (χ2v) is 7.26. The third-order valence-electron chi connectivity index (χ3n) is 4.47. The van der Waals surface area contributed by atoms with Crippen LogP contribution < -0.4 is 0 Å². The van der Waals surface area contributed by atoms with E-state index in [2.05, 4.69) is 24.8 Å². The summed E-state index contributed by atoms with van der Waals surface area (Å²) in [6.07, 6.45) is 4.88. The minimum absolute atomic E-state index is 0.520. The summed E-state index contributed by atoms with van der Waals surface area (Å²) in [6, 6.07) is 7.61. The van der Waals surface area contributed by atoms with E-state index in [9.17, 15) is 8.76 Å². The quantitative estimate of drug-likeness (QED) is 0.811. The van der Waals surface area contributed by atoms with Crippen LogP contribution in [0.3, 0.4) is 0 Å². The molecule has 1 heterocycles. The van der Waals surface area contributed by atoms with Gasteiger partial charge in [-0.25, -0.2) is 4.21 Å². The van der Waals surface area contributed by atoms with Crippen LogP contribution in [0.25, 0.3) is 0 Å². The molecule has 3 nitrogen and oxygen atoms in total. The van der Waals surface area contributed by atoms with Gasteiger partial charge in [0.05, 0.1) is 4.90 Å². The van der Waals surface area contributed by atoms with Crippen molar-refractivity contribution in [1.82, 2.24) is 4.90 Å². The van der Waals surface area contributed by atoms with Crippen LogP contribution in [0.1, 0.15) is 51.0 Å². The molecule has 0 bridgehead atoms. The van der Waals surface area contributed by atoms with Crippen molar-refractivity contribution < 1.29 is 8.76 Å². The van der Waals surface area contributed by atoms with Crippen LogP contribution >= 0.6 is 0 Å². The summed E-state index contributed by atoms with van der Waals surface area (Å²) < 4.78 is 20.4. The molecule has 0 radical (unpaired) electrons. The Balaban J connectivity index is 1.89. The summed E-state index contributed by atoms with van der Waals surface area (Å²) in [6.45, 7) is 8.09. The van der Waals surface area contributed by atoms with Gasteiger partial charge in [0.2, 0.25) is 0 Å². The molecule has 0 saturated carbocycles. The first kappa shape index (κ1) is 16.7. The lowest BCUT2D eigenvalue weighted by Gasteiger charge is -2.33. The molecule has 21 heavy (non-hydrogen) atoms. The fourth-order valence-corrected chi connectivity index (χ4v) is 3.78. The Bertz CT molecular complexity index is 470. The van der Waals surface area contributed by atoms with E-state index in [-0.39, 0.29) is 0 Å². The number of piperidine rings is 1. The van der Waals surface area contributed by atoms with Crippen molar-refractivity contribution in [2.24, 2.45) is 5.92 Å². The van der Waals surface area contributed by atoms with Crippen LogP contribution in [0, 0.1) is 5.92 Å². The summed E-state index contributed by atoms with van der Waals surface area (Å²) >= 11 is -1.87. The Morgan fingerprint density at radius 1 is 1.38 bits per heavy atom. The first-order valence-electron chi connectivity index (χ1n) is 8.03. The van der Waals surface area contributed by atoms with Crippen LogP contribution in [0.2, 0.25) is 0 Å². The predicted octanol–water partition coefficient (Wildman–Crippen LogP) is 3.88. The van der Waals surface area contributed by atoms with Crippen molar-refractivity contribution in [1.29, 1.82) is 0 Å². The number of hydrogen-bond acceptors (Lipinski definition) is 2. The molecule has 0 spiro atoms. The first-order valence-corrected chi connectivity index (χ1v) is 9.14. The van der Waals surface area contributed by atoms with Gasteiger partial charge in [-0.3, -0.25) is 0 Å². The molecule has 2 atom stereocenters. The maximum atomic E-state index is 11.2. The van der Waals surface area contributed by atoms with E-state index in [1.807, 2.05) is 12.1 Å². The molecule has 2 unspecified atom stereocenters. The second-order valence-electron chi connectivity index (χ2n) is 6.29. The van der Waals surface area contributed by atoms with Crippen LogP contribution in [0.4, 0.5) is 0 Å². The van der Waals surface area contributed by atoms with E-state index >= 15 is 0 Å². The van der Waals surface area contributed by atoms with Gasteiger partial charge < -0.3 is 9.45 Å². The summed E-state index contributed by atoms with van der Waals surface area (Å²) in [5, 5.41) is 0. The lowest BCUT2D eigenvalue weighted by molar-refractivity contribution is 0.183. The largest absolute Gasteiger partial charge is 0.303 e. The highest BCUT2D eigenvalue weighted by molar-refractivity contribution is 7.79. The molecule has 4 heteroatoms. The lowest BCUT2D eigenvalue weighted by atomic mass is 9.89. The lowest BCUT2D eigenvalue weighted by Crippen LogP contribution is -2.36. The monoisotopic (exact) mass is 309 g/mol. The third kappa shape index (κ3) is 4.90. The second kappa shape index (κ2) is 8.06. The van der Waals surface area contributed by atoms with Gasteiger partial charge in [0, 0.05) is 6.54 Å². The van der Waals surface area contributed by atoms with Crippen LogP contribution in [0.5, 0.6) is 0 Å². The molecule has 1 fully saturated rings. The van der Waals surface area contributed by atoms with E-state index in [0.717, 1.165) is 31.8 Å². The average Bonchev–Trinajstić information content (AvgIpc) is 2.48. The van der Waals surface area contributed by atoms with Gasteiger partial charge in [0.25, 0.3) is 0 Å². The van der Waals surface area contributed by atoms with E-state index in [1.54, 1.807) is 6.07 Å². The molecule has 0 aliphatic carbocycles. The van der Waals surface area contributed by atoms with Gasteiger partial charge in [0.1, 0.15) is 0 Å². The number of rotatable bonds is 6. The average molecular weight is 309 g/mol. The molecule has 1 aromatic rings. The van der Waals surface area contributed by atoms with Crippen molar-refractivity contribution in [2.45, 2.75) is 50.3 Å². The van der Waals surface area contributed by atoms with Gasteiger partial charge in [-0.1, -0.05) is 32.4 Å². The summed E-state index contributed by atoms with van der Waals surface area (Å²) in [5.41, 5.74) is 1.22. The van der Waals surface area contributed by atoms with Crippen LogP contribution in [0.15, 0.2) is 29.2 Å². The van der Waals surface area contributed by atoms with E-state index in [0.29, 0.717) is 10.8 Å². The molecular formula is C17H27NO2S. The maximum Gasteiger partial charge on any atom is 0.186 e. The number of benzene rings is 1. The highest BCUT2D eigenvalue weighted by Crippen LogP contribution is 2.29. The maximum absolute atomic E-state index is 11.2. The Morgan fingerprint density at radius 2 is 2.10 bits per heavy atom. The number of likely N-dealkylation sites (tertiary alicyclic amines) is 1. The fraction of sp³-hybridized carbons (Fsp3) is 0.647. The zero-order valence-corrected chi connectivity index (χ0v) is 13.9. The molecule has 118 valence electrons. The molecule has 1 aliphatic heterocycles. The summed E-state index contributed by atoms with van der Waals surface area (Å²) in [4.78, 5) is 3.09. The van der Waals surface area contributed by atoms with Gasteiger partial charge >= 0.3 is 0 Å². The molecule has 1 aliphatic rings. The minimum atomic E-state index is -1.87. The van der Waals surface area contributed by atoms with Crippen LogP contribution in [-0.2, 0) is 11.1 Å². The Labute approximate surface area is 131 Å². The van der Waals surface area contributed by atoms with Gasteiger partial charge in [0.15, 0.2) is 11.1 Å². The first-order chi connectivity index (χ1) is 10.1. The Morgan fingerprint density at radius 3 is 2.71 bits per heavy atom. The highest BCUT2D eigenvalue weighted by Gasteiger charge is 2.21. The zero-order chi connectivity index (χ0) is 15.2. The zero-order valence-electron chi connectivity index (χ0n) is 13.1. The fourth-order valence-electron chi connectivity index (χ4n) is 3.35. The van der Waals surface area contributed by atoms with Crippen molar-refractivity contribution in [3.8, 4) is 0 Å². The third-order valence-corrected chi connectivity index (χ3v) is 5.13. The smallest absolute Gasteiger partial charge is 0.186 e. The summed E-state index contributed by atoms with van der Waals surface area (Å²) in [7, 11) is 0. The normalized spacial score (nSPS) is 20.3. The molecule has 1 N–H and O–H groups in total. The molecule has 0 amide bonds. The van der Waals surface area contributed by atoms with Gasteiger partial charge in [-0.05, 0) is 61.9 Å². The van der Waals surface area contributed by atoms with Gasteiger partial charge in [-0.2, -0.15) is 0 Å². The summed E-state index contributed by atoms with van der Waals surface area (Å²) in [5.74, 6) is 1.32. The van der Waals surface area contributed by atoms with E-state index in [1.165, 1.54) is 24.9 Å². The molecule has 0 aromatic heterocycles. The number of nitrogens with zero attached hydrogens (tertiary/aromatic N) is 1. The van der Waals surface area contributed by atoms with Crippen molar-refractivity contribution in [2.75, 3.05) is 19.6 Å².